The minimum Gasteiger partial charge on any atom is -0.354 e. The number of carbonyl (C=O) groups is 2. The van der Waals surface area contributed by atoms with Crippen molar-refractivity contribution < 1.29 is 22.4 Å². The molecule has 2 amide bonds. The molecule has 1 atom stereocenters. The molecule has 0 bridgehead atoms. The van der Waals surface area contributed by atoms with E-state index in [4.69, 9.17) is 23.2 Å². The maximum absolute atomic E-state index is 13.4. The molecular formula is C23H28Cl2FN3O4S. The molecule has 0 saturated carbocycles. The lowest BCUT2D eigenvalue weighted by Gasteiger charge is -2.31. The van der Waals surface area contributed by atoms with Crippen molar-refractivity contribution >= 4 is 50.7 Å². The summed E-state index contributed by atoms with van der Waals surface area (Å²) in [6.45, 7) is 3.45. The Morgan fingerprint density at radius 1 is 1.09 bits per heavy atom. The molecule has 0 saturated heterocycles. The molecule has 1 unspecified atom stereocenters. The number of sulfonamides is 1. The molecule has 0 aliphatic carbocycles. The predicted molar refractivity (Wildman–Crippen MR) is 133 cm³/mol. The van der Waals surface area contributed by atoms with E-state index < -0.39 is 34.3 Å². The van der Waals surface area contributed by atoms with Gasteiger partial charge in [0.05, 0.1) is 22.0 Å². The monoisotopic (exact) mass is 531 g/mol. The Morgan fingerprint density at radius 3 is 2.29 bits per heavy atom. The first-order valence-electron chi connectivity index (χ1n) is 10.7. The lowest BCUT2D eigenvalue weighted by molar-refractivity contribution is -0.139. The van der Waals surface area contributed by atoms with Gasteiger partial charge in [0.25, 0.3) is 0 Å². The number of halogens is 3. The Morgan fingerprint density at radius 2 is 1.74 bits per heavy atom. The molecule has 0 aromatic heterocycles. The number of benzene rings is 2. The maximum Gasteiger partial charge on any atom is 0.244 e. The summed E-state index contributed by atoms with van der Waals surface area (Å²) in [4.78, 5) is 27.4. The van der Waals surface area contributed by atoms with Gasteiger partial charge >= 0.3 is 0 Å². The normalized spacial score (nSPS) is 12.2. The number of anilines is 1. The molecule has 2 rings (SSSR count). The van der Waals surface area contributed by atoms with Gasteiger partial charge in [-0.3, -0.25) is 13.9 Å². The Kier molecular flexibility index (Phi) is 10.1. The van der Waals surface area contributed by atoms with Gasteiger partial charge in [0.2, 0.25) is 21.8 Å². The smallest absolute Gasteiger partial charge is 0.244 e. The van der Waals surface area contributed by atoms with Crippen LogP contribution < -0.4 is 9.62 Å². The number of amides is 2. The fraction of sp³-hybridized carbons (Fsp3) is 0.391. The van der Waals surface area contributed by atoms with E-state index in [1.807, 2.05) is 6.92 Å². The van der Waals surface area contributed by atoms with Crippen molar-refractivity contribution in [2.24, 2.45) is 0 Å². The Bertz CT molecular complexity index is 1110. The second-order valence-electron chi connectivity index (χ2n) is 7.84. The number of hydrogen-bond acceptors (Lipinski definition) is 4. The number of nitrogens with zero attached hydrogens (tertiary/aromatic N) is 2. The van der Waals surface area contributed by atoms with Crippen LogP contribution in [0.5, 0.6) is 0 Å². The standard InChI is InChI=1S/C23H28Cl2FN3O4S/c1-4-5-12-27-23(31)16(2)28(14-17-6-11-20(24)21(25)13-17)22(30)15-29(34(3,32)33)19-9-7-18(26)8-10-19/h6-11,13,16H,4-5,12,14-15H2,1-3H3,(H,27,31). The number of unbranched alkanes of at least 4 members (excludes halogenated alkanes) is 1. The zero-order valence-corrected chi connectivity index (χ0v) is 21.6. The third-order valence-electron chi connectivity index (χ3n) is 5.13. The van der Waals surface area contributed by atoms with Crippen LogP contribution in [0, 0.1) is 5.82 Å². The van der Waals surface area contributed by atoms with Gasteiger partial charge in [-0.2, -0.15) is 0 Å². The Labute approximate surface area is 209 Å². The van der Waals surface area contributed by atoms with Crippen LogP contribution in [-0.4, -0.2) is 50.5 Å². The minimum atomic E-state index is -3.88. The highest BCUT2D eigenvalue weighted by molar-refractivity contribution is 7.92. The average molecular weight is 532 g/mol. The molecule has 0 heterocycles. The molecular weight excluding hydrogens is 504 g/mol. The van der Waals surface area contributed by atoms with E-state index in [-0.39, 0.29) is 23.2 Å². The summed E-state index contributed by atoms with van der Waals surface area (Å²) in [7, 11) is -3.88. The first kappa shape index (κ1) is 27.9. The quantitative estimate of drug-likeness (QED) is 0.439. The Balaban J connectivity index is 2.36. The molecule has 34 heavy (non-hydrogen) atoms. The molecule has 0 aliphatic rings. The van der Waals surface area contributed by atoms with Crippen LogP contribution in [0.1, 0.15) is 32.3 Å². The van der Waals surface area contributed by atoms with E-state index in [1.54, 1.807) is 25.1 Å². The highest BCUT2D eigenvalue weighted by Crippen LogP contribution is 2.24. The predicted octanol–water partition coefficient (Wildman–Crippen LogP) is 4.23. The number of rotatable bonds is 11. The number of hydrogen-bond donors (Lipinski definition) is 1. The van der Waals surface area contributed by atoms with Crippen molar-refractivity contribution in [2.75, 3.05) is 23.7 Å². The third kappa shape index (κ3) is 7.85. The zero-order valence-electron chi connectivity index (χ0n) is 19.2. The number of carbonyl (C=O) groups excluding carboxylic acids is 2. The fourth-order valence-electron chi connectivity index (χ4n) is 3.17. The first-order chi connectivity index (χ1) is 15.9. The third-order valence-corrected chi connectivity index (χ3v) is 7.01. The first-order valence-corrected chi connectivity index (χ1v) is 13.3. The van der Waals surface area contributed by atoms with Gasteiger partial charge in [0.1, 0.15) is 18.4 Å². The summed E-state index contributed by atoms with van der Waals surface area (Å²) in [5, 5.41) is 3.42. The van der Waals surface area contributed by atoms with Gasteiger partial charge in [-0.25, -0.2) is 12.8 Å². The van der Waals surface area contributed by atoms with Gasteiger partial charge in [-0.05, 0) is 55.3 Å². The van der Waals surface area contributed by atoms with E-state index in [0.29, 0.717) is 17.1 Å². The van der Waals surface area contributed by atoms with E-state index in [1.165, 1.54) is 17.0 Å². The topological polar surface area (TPSA) is 86.8 Å². The molecule has 0 fully saturated rings. The van der Waals surface area contributed by atoms with Gasteiger partial charge in [0.15, 0.2) is 0 Å². The van der Waals surface area contributed by atoms with Crippen LogP contribution in [0.2, 0.25) is 10.0 Å². The van der Waals surface area contributed by atoms with E-state index >= 15 is 0 Å². The van der Waals surface area contributed by atoms with Crippen LogP contribution in [0.15, 0.2) is 42.5 Å². The summed E-state index contributed by atoms with van der Waals surface area (Å²) in [5.74, 6) is -1.52. The van der Waals surface area contributed by atoms with Crippen molar-refractivity contribution in [3.05, 3.63) is 63.9 Å². The molecule has 7 nitrogen and oxygen atoms in total. The minimum absolute atomic E-state index is 0.000887. The number of nitrogens with one attached hydrogen (secondary N) is 1. The lowest BCUT2D eigenvalue weighted by Crippen LogP contribution is -2.51. The van der Waals surface area contributed by atoms with E-state index in [2.05, 4.69) is 5.32 Å². The fourth-order valence-corrected chi connectivity index (χ4v) is 4.34. The van der Waals surface area contributed by atoms with Gasteiger partial charge in [0, 0.05) is 13.1 Å². The molecule has 186 valence electrons. The summed E-state index contributed by atoms with van der Waals surface area (Å²) < 4.78 is 39.1. The molecule has 2 aromatic rings. The zero-order chi connectivity index (χ0) is 25.5. The van der Waals surface area contributed by atoms with Crippen molar-refractivity contribution in [2.45, 2.75) is 39.3 Å². The van der Waals surface area contributed by atoms with Crippen LogP contribution in [-0.2, 0) is 26.2 Å². The van der Waals surface area contributed by atoms with E-state index in [0.717, 1.165) is 35.5 Å². The second-order valence-corrected chi connectivity index (χ2v) is 10.6. The SMILES string of the molecule is CCCCNC(=O)C(C)N(Cc1ccc(Cl)c(Cl)c1)C(=O)CN(c1ccc(F)cc1)S(C)(=O)=O. The molecule has 0 spiro atoms. The summed E-state index contributed by atoms with van der Waals surface area (Å²) in [6, 6.07) is 8.69. The second kappa shape index (κ2) is 12.4. The van der Waals surface area contributed by atoms with Gasteiger partial charge < -0.3 is 10.2 Å². The largest absolute Gasteiger partial charge is 0.354 e. The highest BCUT2D eigenvalue weighted by Gasteiger charge is 2.30. The van der Waals surface area contributed by atoms with Crippen molar-refractivity contribution in [1.29, 1.82) is 0 Å². The lowest BCUT2D eigenvalue weighted by atomic mass is 10.1. The summed E-state index contributed by atoms with van der Waals surface area (Å²) >= 11 is 12.1. The Hall–Kier alpha value is -2.36. The maximum atomic E-state index is 13.4. The molecule has 0 aliphatic heterocycles. The molecule has 11 heteroatoms. The van der Waals surface area contributed by atoms with Gasteiger partial charge in [-0.15, -0.1) is 0 Å². The van der Waals surface area contributed by atoms with Crippen LogP contribution >= 0.6 is 23.2 Å². The van der Waals surface area contributed by atoms with Crippen molar-refractivity contribution in [3.63, 3.8) is 0 Å². The average Bonchev–Trinajstić information content (AvgIpc) is 2.77. The highest BCUT2D eigenvalue weighted by atomic mass is 35.5. The van der Waals surface area contributed by atoms with Crippen molar-refractivity contribution in [3.8, 4) is 0 Å². The van der Waals surface area contributed by atoms with Crippen LogP contribution in [0.25, 0.3) is 0 Å². The molecule has 0 radical (unpaired) electrons. The van der Waals surface area contributed by atoms with Crippen molar-refractivity contribution in [1.82, 2.24) is 10.2 Å². The molecule has 2 aromatic carbocycles. The summed E-state index contributed by atoms with van der Waals surface area (Å²) in [6.07, 6.45) is 2.63. The summed E-state index contributed by atoms with van der Waals surface area (Å²) in [5.41, 5.74) is 0.746. The van der Waals surface area contributed by atoms with Crippen LogP contribution in [0.3, 0.4) is 0 Å². The van der Waals surface area contributed by atoms with Crippen LogP contribution in [0.4, 0.5) is 10.1 Å². The van der Waals surface area contributed by atoms with E-state index in [9.17, 15) is 22.4 Å². The molecule has 1 N–H and O–H groups in total. The van der Waals surface area contributed by atoms with Gasteiger partial charge in [-0.1, -0.05) is 42.6 Å².